The quantitative estimate of drug-likeness (QED) is 0.717. The summed E-state index contributed by atoms with van der Waals surface area (Å²) in [5.41, 5.74) is 7.49. The van der Waals surface area contributed by atoms with Gasteiger partial charge in [-0.05, 0) is 47.2 Å². The number of aliphatic hydroxyl groups is 2. The summed E-state index contributed by atoms with van der Waals surface area (Å²) in [6.07, 6.45) is 5.25. The Morgan fingerprint density at radius 1 is 1.14 bits per heavy atom. The van der Waals surface area contributed by atoms with Crippen LogP contribution in [0.15, 0.2) is 30.3 Å². The van der Waals surface area contributed by atoms with Crippen LogP contribution in [0, 0.1) is 6.92 Å². The number of aryl methyl sites for hydroxylation is 1. The summed E-state index contributed by atoms with van der Waals surface area (Å²) in [5, 5.41) is 22.9. The van der Waals surface area contributed by atoms with Crippen LogP contribution in [0.1, 0.15) is 39.4 Å². The zero-order valence-corrected chi connectivity index (χ0v) is 17.1. The van der Waals surface area contributed by atoms with Crippen molar-refractivity contribution in [3.8, 4) is 5.75 Å². The SMILES string of the molecule is COc1cc(N(C)C)c(/C=C/C2NCCc3cc(C)c(CO)cc32)cc1CO. The van der Waals surface area contributed by atoms with Crippen LogP contribution in [0.2, 0.25) is 0 Å². The van der Waals surface area contributed by atoms with Crippen LogP contribution < -0.4 is 15.0 Å². The van der Waals surface area contributed by atoms with Crippen molar-refractivity contribution in [2.24, 2.45) is 0 Å². The third-order valence-electron chi connectivity index (χ3n) is 5.41. The third-order valence-corrected chi connectivity index (χ3v) is 5.41. The summed E-state index contributed by atoms with van der Waals surface area (Å²) in [5.74, 6) is 0.688. The number of nitrogens with zero attached hydrogens (tertiary/aromatic N) is 1. The minimum atomic E-state index is -0.0681. The van der Waals surface area contributed by atoms with Gasteiger partial charge in [-0.3, -0.25) is 0 Å². The fourth-order valence-corrected chi connectivity index (χ4v) is 3.82. The Morgan fingerprint density at radius 3 is 2.54 bits per heavy atom. The van der Waals surface area contributed by atoms with E-state index in [1.807, 2.05) is 31.1 Å². The van der Waals surface area contributed by atoms with Gasteiger partial charge < -0.3 is 25.2 Å². The van der Waals surface area contributed by atoms with E-state index in [2.05, 4.69) is 36.5 Å². The van der Waals surface area contributed by atoms with E-state index < -0.39 is 0 Å². The van der Waals surface area contributed by atoms with Crippen molar-refractivity contribution in [1.29, 1.82) is 0 Å². The summed E-state index contributed by atoms with van der Waals surface area (Å²) < 4.78 is 5.41. The summed E-state index contributed by atoms with van der Waals surface area (Å²) in [7, 11) is 5.61. The highest BCUT2D eigenvalue weighted by Gasteiger charge is 2.19. The first-order chi connectivity index (χ1) is 13.5. The van der Waals surface area contributed by atoms with E-state index in [9.17, 15) is 10.2 Å². The third kappa shape index (κ3) is 4.07. The molecule has 1 unspecified atom stereocenters. The molecule has 28 heavy (non-hydrogen) atoms. The molecule has 1 heterocycles. The van der Waals surface area contributed by atoms with Crippen molar-refractivity contribution in [1.82, 2.24) is 5.32 Å². The van der Waals surface area contributed by atoms with Gasteiger partial charge in [-0.1, -0.05) is 24.3 Å². The van der Waals surface area contributed by atoms with Gasteiger partial charge in [0, 0.05) is 38.0 Å². The van der Waals surface area contributed by atoms with Gasteiger partial charge in [0.15, 0.2) is 0 Å². The molecule has 1 aliphatic heterocycles. The molecule has 150 valence electrons. The molecular formula is C23H30N2O3. The molecule has 0 radical (unpaired) electrons. The minimum absolute atomic E-state index is 0.0542. The highest BCUT2D eigenvalue weighted by atomic mass is 16.5. The van der Waals surface area contributed by atoms with E-state index >= 15 is 0 Å². The number of fused-ring (bicyclic) bond motifs is 1. The number of rotatable bonds is 6. The molecule has 0 fully saturated rings. The molecule has 0 amide bonds. The number of aliphatic hydroxyl groups excluding tert-OH is 2. The van der Waals surface area contributed by atoms with E-state index in [4.69, 9.17) is 4.74 Å². The van der Waals surface area contributed by atoms with Gasteiger partial charge in [-0.25, -0.2) is 0 Å². The van der Waals surface area contributed by atoms with E-state index in [1.54, 1.807) is 7.11 Å². The van der Waals surface area contributed by atoms with Crippen molar-refractivity contribution in [2.45, 2.75) is 32.6 Å². The van der Waals surface area contributed by atoms with E-state index in [1.165, 1.54) is 11.1 Å². The molecule has 1 aliphatic rings. The maximum absolute atomic E-state index is 9.68. The van der Waals surface area contributed by atoms with Gasteiger partial charge in [0.2, 0.25) is 0 Å². The van der Waals surface area contributed by atoms with Gasteiger partial charge in [0.25, 0.3) is 0 Å². The molecule has 1 atom stereocenters. The molecule has 0 aromatic heterocycles. The van der Waals surface area contributed by atoms with Crippen molar-refractivity contribution >= 4 is 11.8 Å². The monoisotopic (exact) mass is 382 g/mol. The highest BCUT2D eigenvalue weighted by molar-refractivity contribution is 5.71. The second kappa shape index (κ2) is 8.78. The largest absolute Gasteiger partial charge is 0.496 e. The Morgan fingerprint density at radius 2 is 1.89 bits per heavy atom. The first-order valence-corrected chi connectivity index (χ1v) is 9.62. The Bertz CT molecular complexity index is 875. The molecule has 2 aromatic carbocycles. The molecule has 0 saturated heterocycles. The lowest BCUT2D eigenvalue weighted by Crippen LogP contribution is -2.28. The number of ether oxygens (including phenoxy) is 1. The van der Waals surface area contributed by atoms with Crippen molar-refractivity contribution < 1.29 is 14.9 Å². The lowest BCUT2D eigenvalue weighted by Gasteiger charge is -2.26. The average Bonchev–Trinajstić information content (AvgIpc) is 2.70. The van der Waals surface area contributed by atoms with Gasteiger partial charge in [0.05, 0.1) is 26.4 Å². The second-order valence-corrected chi connectivity index (χ2v) is 7.45. The molecule has 0 spiro atoms. The van der Waals surface area contributed by atoms with Crippen LogP contribution in [0.25, 0.3) is 6.08 Å². The Hall–Kier alpha value is -2.34. The van der Waals surface area contributed by atoms with E-state index in [0.717, 1.165) is 40.9 Å². The van der Waals surface area contributed by atoms with Gasteiger partial charge in [0.1, 0.15) is 5.75 Å². The predicted molar refractivity (Wildman–Crippen MR) is 114 cm³/mol. The number of benzene rings is 2. The van der Waals surface area contributed by atoms with Crippen LogP contribution in [0.5, 0.6) is 5.75 Å². The van der Waals surface area contributed by atoms with Crippen LogP contribution in [-0.2, 0) is 19.6 Å². The standard InChI is InChI=1S/C23H30N2O3/c1-15-9-16-7-8-24-21(20(16)11-18(15)13-26)6-5-17-10-19(14-27)23(28-4)12-22(17)25(2)3/h5-6,9-12,21,24,26-27H,7-8,13-14H2,1-4H3/b6-5+. The molecule has 0 bridgehead atoms. The Balaban J connectivity index is 1.99. The average molecular weight is 383 g/mol. The Labute approximate surface area is 167 Å². The fraction of sp³-hybridized carbons (Fsp3) is 0.391. The number of anilines is 1. The second-order valence-electron chi connectivity index (χ2n) is 7.45. The van der Waals surface area contributed by atoms with Crippen molar-refractivity contribution in [3.05, 3.63) is 63.7 Å². The van der Waals surface area contributed by atoms with Crippen LogP contribution in [-0.4, -0.2) is 38.0 Å². The molecule has 3 N–H and O–H groups in total. The fourth-order valence-electron chi connectivity index (χ4n) is 3.82. The normalized spacial score (nSPS) is 16.3. The van der Waals surface area contributed by atoms with Crippen LogP contribution in [0.3, 0.4) is 0 Å². The smallest absolute Gasteiger partial charge is 0.126 e. The lowest BCUT2D eigenvalue weighted by atomic mass is 9.89. The predicted octanol–water partition coefficient (Wildman–Crippen LogP) is 2.95. The topological polar surface area (TPSA) is 65.0 Å². The number of hydrogen-bond acceptors (Lipinski definition) is 5. The first-order valence-electron chi connectivity index (χ1n) is 9.62. The molecule has 3 rings (SSSR count). The molecule has 5 heteroatoms. The number of nitrogens with one attached hydrogen (secondary N) is 1. The van der Waals surface area contributed by atoms with Gasteiger partial charge in [-0.15, -0.1) is 0 Å². The zero-order valence-electron chi connectivity index (χ0n) is 17.1. The lowest BCUT2D eigenvalue weighted by molar-refractivity contribution is 0.274. The summed E-state index contributed by atoms with van der Waals surface area (Å²) in [6, 6.07) is 8.34. The summed E-state index contributed by atoms with van der Waals surface area (Å²) in [6.45, 7) is 2.96. The molecule has 0 aliphatic carbocycles. The highest BCUT2D eigenvalue weighted by Crippen LogP contribution is 2.32. The van der Waals surface area contributed by atoms with Crippen molar-refractivity contribution in [3.63, 3.8) is 0 Å². The minimum Gasteiger partial charge on any atom is -0.496 e. The summed E-state index contributed by atoms with van der Waals surface area (Å²) in [4.78, 5) is 2.04. The maximum atomic E-state index is 9.68. The summed E-state index contributed by atoms with van der Waals surface area (Å²) >= 11 is 0. The van der Waals surface area contributed by atoms with Crippen LogP contribution >= 0.6 is 0 Å². The number of hydrogen-bond donors (Lipinski definition) is 3. The molecule has 0 saturated carbocycles. The first kappa shape index (κ1) is 20.4. The van der Waals surface area contributed by atoms with Gasteiger partial charge in [-0.2, -0.15) is 0 Å². The number of methoxy groups -OCH3 is 1. The van der Waals surface area contributed by atoms with Gasteiger partial charge >= 0.3 is 0 Å². The molecule has 2 aromatic rings. The Kier molecular flexibility index (Phi) is 6.39. The molecular weight excluding hydrogens is 352 g/mol. The van der Waals surface area contributed by atoms with Crippen molar-refractivity contribution in [2.75, 3.05) is 32.6 Å². The van der Waals surface area contributed by atoms with E-state index in [0.29, 0.717) is 5.75 Å². The van der Waals surface area contributed by atoms with E-state index in [-0.39, 0.29) is 19.3 Å². The molecule has 5 nitrogen and oxygen atoms in total. The van der Waals surface area contributed by atoms with Crippen LogP contribution in [0.4, 0.5) is 5.69 Å². The maximum Gasteiger partial charge on any atom is 0.126 e. The zero-order chi connectivity index (χ0) is 20.3.